The van der Waals surface area contributed by atoms with Crippen molar-refractivity contribution in [3.8, 4) is 5.75 Å². The lowest BCUT2D eigenvalue weighted by Gasteiger charge is -2.19. The first-order valence-corrected chi connectivity index (χ1v) is 5.56. The molecule has 2 N–H and O–H groups in total. The molecule has 16 heavy (non-hydrogen) atoms. The second kappa shape index (κ2) is 4.99. The molecule has 86 valence electrons. The monoisotopic (exact) mass is 220 g/mol. The average molecular weight is 220 g/mol. The van der Waals surface area contributed by atoms with Crippen molar-refractivity contribution in [3.05, 3.63) is 29.8 Å². The van der Waals surface area contributed by atoms with Crippen molar-refractivity contribution in [1.82, 2.24) is 10.2 Å². The first kappa shape index (κ1) is 11.0. The molecule has 0 saturated carbocycles. The zero-order chi connectivity index (χ0) is 11.4. The number of rotatable bonds is 1. The van der Waals surface area contributed by atoms with Crippen molar-refractivity contribution in [2.45, 2.75) is 6.42 Å². The predicted molar refractivity (Wildman–Crippen MR) is 61.5 cm³/mol. The van der Waals surface area contributed by atoms with Gasteiger partial charge in [0, 0.05) is 25.2 Å². The molecule has 4 nitrogen and oxygen atoms in total. The van der Waals surface area contributed by atoms with E-state index < -0.39 is 0 Å². The third-order valence-electron chi connectivity index (χ3n) is 2.72. The van der Waals surface area contributed by atoms with E-state index in [1.807, 2.05) is 4.90 Å². The highest BCUT2D eigenvalue weighted by atomic mass is 16.3. The van der Waals surface area contributed by atoms with Gasteiger partial charge in [0.1, 0.15) is 5.75 Å². The van der Waals surface area contributed by atoms with Crippen molar-refractivity contribution in [2.75, 3.05) is 26.2 Å². The van der Waals surface area contributed by atoms with E-state index >= 15 is 0 Å². The topological polar surface area (TPSA) is 52.6 Å². The molecule has 1 fully saturated rings. The molecule has 0 unspecified atom stereocenters. The van der Waals surface area contributed by atoms with Gasteiger partial charge in [-0.3, -0.25) is 4.79 Å². The largest absolute Gasteiger partial charge is 0.508 e. The number of carbonyl (C=O) groups is 1. The minimum atomic E-state index is -0.000370. The van der Waals surface area contributed by atoms with E-state index in [4.69, 9.17) is 0 Å². The van der Waals surface area contributed by atoms with E-state index in [2.05, 4.69) is 5.32 Å². The molecule has 0 bridgehead atoms. The smallest absolute Gasteiger partial charge is 0.254 e. The maximum Gasteiger partial charge on any atom is 0.254 e. The van der Waals surface area contributed by atoms with Crippen LogP contribution >= 0.6 is 0 Å². The molecule has 0 radical (unpaired) electrons. The summed E-state index contributed by atoms with van der Waals surface area (Å²) in [6.07, 6.45) is 0.977. The van der Waals surface area contributed by atoms with E-state index in [1.54, 1.807) is 18.2 Å². The summed E-state index contributed by atoms with van der Waals surface area (Å²) >= 11 is 0. The molecule has 0 spiro atoms. The van der Waals surface area contributed by atoms with Gasteiger partial charge in [0.05, 0.1) is 0 Å². The molecule has 0 atom stereocenters. The van der Waals surface area contributed by atoms with Crippen molar-refractivity contribution < 1.29 is 9.90 Å². The number of amides is 1. The van der Waals surface area contributed by atoms with Gasteiger partial charge in [-0.15, -0.1) is 0 Å². The van der Waals surface area contributed by atoms with Crippen LogP contribution in [0.2, 0.25) is 0 Å². The maximum absolute atomic E-state index is 12.1. The summed E-state index contributed by atoms with van der Waals surface area (Å²) in [6, 6.07) is 6.51. The van der Waals surface area contributed by atoms with E-state index in [0.29, 0.717) is 5.56 Å². The number of aromatic hydroxyl groups is 1. The number of nitrogens with one attached hydrogen (secondary N) is 1. The molecule has 0 aliphatic carbocycles. The van der Waals surface area contributed by atoms with Gasteiger partial charge in [0.2, 0.25) is 0 Å². The predicted octanol–water partition coefficient (Wildman–Crippen LogP) is 0.828. The third-order valence-corrected chi connectivity index (χ3v) is 2.72. The Kier molecular flexibility index (Phi) is 3.41. The second-order valence-corrected chi connectivity index (χ2v) is 3.95. The molecule has 0 aromatic heterocycles. The summed E-state index contributed by atoms with van der Waals surface area (Å²) in [6.45, 7) is 3.31. The van der Waals surface area contributed by atoms with Crippen LogP contribution in [-0.4, -0.2) is 42.1 Å². The average Bonchev–Trinajstić information content (AvgIpc) is 2.56. The van der Waals surface area contributed by atoms with Crippen LogP contribution in [-0.2, 0) is 0 Å². The van der Waals surface area contributed by atoms with Crippen LogP contribution in [0.25, 0.3) is 0 Å². The minimum Gasteiger partial charge on any atom is -0.508 e. The highest BCUT2D eigenvalue weighted by Gasteiger charge is 2.16. The van der Waals surface area contributed by atoms with Crippen molar-refractivity contribution in [2.24, 2.45) is 0 Å². The lowest BCUT2D eigenvalue weighted by Crippen LogP contribution is -2.34. The fourth-order valence-electron chi connectivity index (χ4n) is 1.87. The molecule has 1 aliphatic rings. The second-order valence-electron chi connectivity index (χ2n) is 3.95. The van der Waals surface area contributed by atoms with E-state index in [-0.39, 0.29) is 11.7 Å². The number of carbonyl (C=O) groups excluding carboxylic acids is 1. The Morgan fingerprint density at radius 1 is 1.31 bits per heavy atom. The quantitative estimate of drug-likeness (QED) is 0.737. The standard InChI is InChI=1S/C12H16N2O2/c15-11-4-1-3-10(9-11)12(16)14-7-2-5-13-6-8-14/h1,3-4,9,13,15H,2,5-8H2. The zero-order valence-corrected chi connectivity index (χ0v) is 9.15. The number of benzene rings is 1. The molecule has 4 heteroatoms. The van der Waals surface area contributed by atoms with Gasteiger partial charge in [-0.1, -0.05) is 6.07 Å². The van der Waals surface area contributed by atoms with Gasteiger partial charge in [-0.25, -0.2) is 0 Å². The first-order valence-electron chi connectivity index (χ1n) is 5.56. The van der Waals surface area contributed by atoms with Crippen LogP contribution in [0, 0.1) is 0 Å². The molecule has 1 aromatic carbocycles. The Labute approximate surface area is 94.9 Å². The Balaban J connectivity index is 2.11. The Morgan fingerprint density at radius 2 is 2.19 bits per heavy atom. The Morgan fingerprint density at radius 3 is 3.00 bits per heavy atom. The fourth-order valence-corrected chi connectivity index (χ4v) is 1.87. The first-order chi connectivity index (χ1) is 7.77. The van der Waals surface area contributed by atoms with Crippen molar-refractivity contribution in [3.63, 3.8) is 0 Å². The van der Waals surface area contributed by atoms with Gasteiger partial charge in [-0.2, -0.15) is 0 Å². The lowest BCUT2D eigenvalue weighted by atomic mass is 10.2. The molecular weight excluding hydrogens is 204 g/mol. The van der Waals surface area contributed by atoms with Crippen LogP contribution in [0.3, 0.4) is 0 Å². The summed E-state index contributed by atoms with van der Waals surface area (Å²) in [5, 5.41) is 12.6. The molecule has 2 rings (SSSR count). The van der Waals surface area contributed by atoms with Crippen LogP contribution in [0.5, 0.6) is 5.75 Å². The summed E-state index contributed by atoms with van der Waals surface area (Å²) in [5.41, 5.74) is 0.557. The van der Waals surface area contributed by atoms with E-state index in [9.17, 15) is 9.90 Å². The fraction of sp³-hybridized carbons (Fsp3) is 0.417. The van der Waals surface area contributed by atoms with Crippen LogP contribution in [0.15, 0.2) is 24.3 Å². The number of phenolic OH excluding ortho intramolecular Hbond substituents is 1. The summed E-state index contributed by atoms with van der Waals surface area (Å²) < 4.78 is 0. The molecule has 1 saturated heterocycles. The maximum atomic E-state index is 12.1. The number of hydrogen-bond donors (Lipinski definition) is 2. The number of hydrogen-bond acceptors (Lipinski definition) is 3. The normalized spacial score (nSPS) is 16.9. The molecule has 1 aliphatic heterocycles. The summed E-state index contributed by atoms with van der Waals surface area (Å²) in [7, 11) is 0. The number of phenols is 1. The third kappa shape index (κ3) is 2.52. The molecule has 1 amide bonds. The van der Waals surface area contributed by atoms with Crippen molar-refractivity contribution in [1.29, 1.82) is 0 Å². The van der Waals surface area contributed by atoms with Gasteiger partial charge in [0.15, 0.2) is 0 Å². The zero-order valence-electron chi connectivity index (χ0n) is 9.15. The van der Waals surface area contributed by atoms with Crippen molar-refractivity contribution >= 4 is 5.91 Å². The van der Waals surface area contributed by atoms with Gasteiger partial charge < -0.3 is 15.3 Å². The van der Waals surface area contributed by atoms with Gasteiger partial charge >= 0.3 is 0 Å². The molecule has 1 aromatic rings. The highest BCUT2D eigenvalue weighted by Crippen LogP contribution is 2.13. The van der Waals surface area contributed by atoms with Gasteiger partial charge in [-0.05, 0) is 31.2 Å². The summed E-state index contributed by atoms with van der Waals surface area (Å²) in [4.78, 5) is 13.9. The lowest BCUT2D eigenvalue weighted by molar-refractivity contribution is 0.0766. The van der Waals surface area contributed by atoms with E-state index in [0.717, 1.165) is 32.6 Å². The minimum absolute atomic E-state index is 0.000370. The Bertz CT molecular complexity index is 371. The Hall–Kier alpha value is -1.55. The SMILES string of the molecule is O=C(c1cccc(O)c1)N1CCCNCC1. The highest BCUT2D eigenvalue weighted by molar-refractivity contribution is 5.94. The van der Waals surface area contributed by atoms with Gasteiger partial charge in [0.25, 0.3) is 5.91 Å². The van der Waals surface area contributed by atoms with Crippen LogP contribution in [0.4, 0.5) is 0 Å². The summed E-state index contributed by atoms with van der Waals surface area (Å²) in [5.74, 6) is 0.137. The van der Waals surface area contributed by atoms with E-state index in [1.165, 1.54) is 6.07 Å². The molecular formula is C12H16N2O2. The van der Waals surface area contributed by atoms with Crippen LogP contribution in [0.1, 0.15) is 16.8 Å². The molecule has 1 heterocycles. The van der Waals surface area contributed by atoms with Crippen LogP contribution < -0.4 is 5.32 Å². The number of nitrogens with zero attached hydrogens (tertiary/aromatic N) is 1.